The normalized spacial score (nSPS) is 20.2. The van der Waals surface area contributed by atoms with Crippen molar-refractivity contribution in [1.29, 1.82) is 0 Å². The molecule has 0 bridgehead atoms. The molecule has 2 aliphatic rings. The van der Waals surface area contributed by atoms with Crippen molar-refractivity contribution < 1.29 is 13.2 Å². The quantitative estimate of drug-likeness (QED) is 0.747. The van der Waals surface area contributed by atoms with Crippen molar-refractivity contribution in [3.8, 4) is 0 Å². The molecule has 1 heterocycles. The maximum absolute atomic E-state index is 13.3. The molecule has 1 aromatic rings. The first kappa shape index (κ1) is 20.7. The number of rotatable bonds is 5. The summed E-state index contributed by atoms with van der Waals surface area (Å²) in [5.74, 6) is 0.815. The van der Waals surface area contributed by atoms with Gasteiger partial charge in [0.05, 0.1) is 16.2 Å². The molecule has 1 amide bonds. The average Bonchev–Trinajstić information content (AvgIpc) is 2.66. The molecule has 1 aromatic carbocycles. The molecule has 2 fully saturated rings. The first-order valence-corrected chi connectivity index (χ1v) is 12.4. The Hall–Kier alpha value is -1.05. The minimum Gasteiger partial charge on any atom is -0.336 e. The Kier molecular flexibility index (Phi) is 6.54. The Bertz CT molecular complexity index is 766. The van der Waals surface area contributed by atoms with E-state index < -0.39 is 9.84 Å². The first-order chi connectivity index (χ1) is 12.8. The van der Waals surface area contributed by atoms with E-state index in [2.05, 4.69) is 0 Å². The maximum Gasteiger partial charge on any atom is 0.255 e. The van der Waals surface area contributed by atoms with Crippen molar-refractivity contribution in [3.05, 3.63) is 29.8 Å². The Morgan fingerprint density at radius 2 is 1.89 bits per heavy atom. The highest BCUT2D eigenvalue weighted by Gasteiger charge is 2.39. The van der Waals surface area contributed by atoms with E-state index >= 15 is 0 Å². The highest BCUT2D eigenvalue weighted by Crippen LogP contribution is 2.43. The number of sulfone groups is 1. The van der Waals surface area contributed by atoms with Crippen molar-refractivity contribution in [2.24, 2.45) is 0 Å². The summed E-state index contributed by atoms with van der Waals surface area (Å²) in [5, 5.41) is 0. The largest absolute Gasteiger partial charge is 0.336 e. The van der Waals surface area contributed by atoms with Gasteiger partial charge in [0.15, 0.2) is 9.84 Å². The number of benzene rings is 1. The van der Waals surface area contributed by atoms with Crippen LogP contribution in [0.3, 0.4) is 0 Å². The molecule has 3 rings (SSSR count). The van der Waals surface area contributed by atoms with Gasteiger partial charge in [0.25, 0.3) is 5.91 Å². The summed E-state index contributed by atoms with van der Waals surface area (Å²) in [6.45, 7) is 1.87. The number of thioether (sulfide) groups is 1. The monoisotopic (exact) mass is 410 g/mol. The van der Waals surface area contributed by atoms with Gasteiger partial charge in [-0.15, -0.1) is 0 Å². The molecule has 0 radical (unpaired) electrons. The molecule has 5 nitrogen and oxygen atoms in total. The molecule has 0 aromatic heterocycles. The lowest BCUT2D eigenvalue weighted by molar-refractivity contribution is 0.0726. The summed E-state index contributed by atoms with van der Waals surface area (Å²) in [4.78, 5) is 17.2. The van der Waals surface area contributed by atoms with Crippen molar-refractivity contribution in [2.45, 2.75) is 41.7 Å². The van der Waals surface area contributed by atoms with E-state index in [4.69, 9.17) is 0 Å². The summed E-state index contributed by atoms with van der Waals surface area (Å²) in [6, 6.07) is 6.70. The second kappa shape index (κ2) is 8.53. The highest BCUT2D eigenvalue weighted by atomic mass is 32.2. The van der Waals surface area contributed by atoms with Gasteiger partial charge >= 0.3 is 0 Å². The van der Waals surface area contributed by atoms with E-state index in [-0.39, 0.29) is 21.3 Å². The van der Waals surface area contributed by atoms with E-state index in [0.29, 0.717) is 18.7 Å². The maximum atomic E-state index is 13.3. The highest BCUT2D eigenvalue weighted by molar-refractivity contribution is 8.00. The van der Waals surface area contributed by atoms with Crippen molar-refractivity contribution in [3.63, 3.8) is 0 Å². The smallest absolute Gasteiger partial charge is 0.255 e. The number of hydrogen-bond acceptors (Lipinski definition) is 5. The van der Waals surface area contributed by atoms with Gasteiger partial charge in [-0.1, -0.05) is 31.4 Å². The minimum atomic E-state index is -3.50. The molecule has 1 aliphatic carbocycles. The molecule has 1 aliphatic heterocycles. The summed E-state index contributed by atoms with van der Waals surface area (Å²) in [7, 11) is 0.200. The van der Waals surface area contributed by atoms with Gasteiger partial charge in [0, 0.05) is 30.1 Å². The van der Waals surface area contributed by atoms with Crippen LogP contribution in [0.1, 0.15) is 42.5 Å². The number of carbonyl (C=O) groups is 1. The van der Waals surface area contributed by atoms with Crippen LogP contribution < -0.4 is 0 Å². The fourth-order valence-electron chi connectivity index (χ4n) is 4.01. The number of nitrogens with zero attached hydrogens (tertiary/aromatic N) is 2. The van der Waals surface area contributed by atoms with Crippen LogP contribution in [-0.4, -0.2) is 74.1 Å². The Balaban J connectivity index is 1.83. The van der Waals surface area contributed by atoms with Gasteiger partial charge < -0.3 is 9.80 Å². The summed E-state index contributed by atoms with van der Waals surface area (Å²) < 4.78 is 25.8. The predicted molar refractivity (Wildman–Crippen MR) is 111 cm³/mol. The van der Waals surface area contributed by atoms with Crippen molar-refractivity contribution >= 4 is 27.5 Å². The van der Waals surface area contributed by atoms with Crippen LogP contribution in [0.5, 0.6) is 0 Å². The zero-order chi connectivity index (χ0) is 19.5. The van der Waals surface area contributed by atoms with Crippen LogP contribution in [-0.2, 0) is 9.84 Å². The Labute approximate surface area is 167 Å². The number of amides is 1. The lowest BCUT2D eigenvalue weighted by Crippen LogP contribution is -2.50. The van der Waals surface area contributed by atoms with Crippen molar-refractivity contribution in [1.82, 2.24) is 9.80 Å². The molecule has 150 valence electrons. The molecule has 0 atom stereocenters. The second-order valence-corrected chi connectivity index (χ2v) is 11.6. The summed E-state index contributed by atoms with van der Waals surface area (Å²) in [5.41, 5.74) is 0.328. The zero-order valence-corrected chi connectivity index (χ0v) is 17.9. The fourth-order valence-corrected chi connectivity index (χ4v) is 7.19. The van der Waals surface area contributed by atoms with Crippen LogP contribution >= 0.6 is 11.8 Å². The second-order valence-electron chi connectivity index (χ2n) is 7.94. The lowest BCUT2D eigenvalue weighted by Gasteiger charge is -2.44. The number of hydrogen-bond donors (Lipinski definition) is 0. The molecular weight excluding hydrogens is 380 g/mol. The van der Waals surface area contributed by atoms with Gasteiger partial charge in [-0.3, -0.25) is 4.79 Å². The van der Waals surface area contributed by atoms with E-state index in [9.17, 15) is 13.2 Å². The first-order valence-electron chi connectivity index (χ1n) is 9.73. The Morgan fingerprint density at radius 1 is 1.19 bits per heavy atom. The van der Waals surface area contributed by atoms with Crippen LogP contribution in [0.2, 0.25) is 0 Å². The van der Waals surface area contributed by atoms with Gasteiger partial charge in [-0.05, 0) is 39.1 Å². The van der Waals surface area contributed by atoms with Crippen LogP contribution in [0.25, 0.3) is 0 Å². The van der Waals surface area contributed by atoms with Gasteiger partial charge in [-0.2, -0.15) is 11.8 Å². The van der Waals surface area contributed by atoms with E-state index in [0.717, 1.165) is 25.1 Å². The third-order valence-electron chi connectivity index (χ3n) is 5.56. The predicted octanol–water partition coefficient (Wildman–Crippen LogP) is 2.91. The average molecular weight is 411 g/mol. The third kappa shape index (κ3) is 4.87. The fraction of sp³-hybridized carbons (Fsp3) is 0.650. The molecule has 1 saturated heterocycles. The summed E-state index contributed by atoms with van der Waals surface area (Å²) in [6.07, 6.45) is 6.05. The molecule has 1 spiro atoms. The number of carbonyl (C=O) groups excluding carboxylic acids is 1. The van der Waals surface area contributed by atoms with Gasteiger partial charge in [0.1, 0.15) is 0 Å². The van der Waals surface area contributed by atoms with Crippen molar-refractivity contribution in [2.75, 3.05) is 45.2 Å². The van der Waals surface area contributed by atoms with E-state index in [1.54, 1.807) is 24.3 Å². The molecular formula is C20H30N2O3S2. The van der Waals surface area contributed by atoms with Gasteiger partial charge in [0.2, 0.25) is 0 Å². The van der Waals surface area contributed by atoms with Crippen LogP contribution in [0.4, 0.5) is 0 Å². The SMILES string of the molecule is CN(C)CCS(=O)(=O)c1ccccc1C(=O)N1CCSC2(CCCCC2)C1. The van der Waals surface area contributed by atoms with E-state index in [1.165, 1.54) is 19.3 Å². The van der Waals surface area contributed by atoms with Crippen LogP contribution in [0, 0.1) is 0 Å². The van der Waals surface area contributed by atoms with E-state index in [1.807, 2.05) is 35.7 Å². The molecule has 0 N–H and O–H groups in total. The standard InChI is InChI=1S/C20H30N2O3S2/c1-21(2)13-15-27(24,25)18-9-5-4-8-17(18)19(23)22-12-14-26-20(16-22)10-6-3-7-11-20/h4-5,8-9H,3,6-7,10-16H2,1-2H3. The topological polar surface area (TPSA) is 57.7 Å². The Morgan fingerprint density at radius 3 is 2.59 bits per heavy atom. The molecule has 0 unspecified atom stereocenters. The zero-order valence-electron chi connectivity index (χ0n) is 16.3. The molecule has 1 saturated carbocycles. The summed E-state index contributed by atoms with van der Waals surface area (Å²) >= 11 is 2.01. The molecule has 27 heavy (non-hydrogen) atoms. The minimum absolute atomic E-state index is 0.0179. The molecule has 7 heteroatoms. The van der Waals surface area contributed by atoms with Gasteiger partial charge in [-0.25, -0.2) is 8.42 Å². The third-order valence-corrected chi connectivity index (χ3v) is 8.84. The lowest BCUT2D eigenvalue weighted by atomic mass is 9.87. The van der Waals surface area contributed by atoms with Crippen LogP contribution in [0.15, 0.2) is 29.2 Å².